The molecule has 4 heteroatoms. The molecule has 0 fully saturated rings. The fourth-order valence-electron chi connectivity index (χ4n) is 2.31. The lowest BCUT2D eigenvalue weighted by atomic mass is 10.2. The molecule has 108 valence electrons. The molecule has 2 aromatic rings. The van der Waals surface area contributed by atoms with E-state index in [-0.39, 0.29) is 0 Å². The molecule has 0 bridgehead atoms. The molecule has 0 aliphatic carbocycles. The fraction of sp³-hybridized carbons (Fsp3) is 0.438. The quantitative estimate of drug-likeness (QED) is 0.816. The number of hydrogen-bond donors (Lipinski definition) is 1. The summed E-state index contributed by atoms with van der Waals surface area (Å²) in [7, 11) is 0. The largest absolute Gasteiger partial charge is 0.487 e. The van der Waals surface area contributed by atoms with Gasteiger partial charge in [-0.25, -0.2) is 0 Å². The predicted octanol–water partition coefficient (Wildman–Crippen LogP) is 3.71. The summed E-state index contributed by atoms with van der Waals surface area (Å²) in [5.74, 6) is 0.858. The van der Waals surface area contributed by atoms with E-state index < -0.39 is 0 Å². The number of nitrogens with zero attached hydrogens (tertiary/aromatic N) is 2. The van der Waals surface area contributed by atoms with Gasteiger partial charge in [0.05, 0.1) is 11.7 Å². The molecule has 1 aromatic carbocycles. The Morgan fingerprint density at radius 1 is 1.25 bits per heavy atom. The molecule has 20 heavy (non-hydrogen) atoms. The van der Waals surface area contributed by atoms with E-state index >= 15 is 0 Å². The van der Waals surface area contributed by atoms with E-state index in [0.29, 0.717) is 12.6 Å². The molecule has 4 nitrogen and oxygen atoms in total. The summed E-state index contributed by atoms with van der Waals surface area (Å²) in [4.78, 5) is 0. The molecule has 0 radical (unpaired) electrons. The summed E-state index contributed by atoms with van der Waals surface area (Å²) in [5, 5.41) is 4.58. The zero-order chi connectivity index (χ0) is 14.5. The van der Waals surface area contributed by atoms with E-state index in [4.69, 9.17) is 10.5 Å². The van der Waals surface area contributed by atoms with Gasteiger partial charge in [0.25, 0.3) is 0 Å². The minimum atomic E-state index is 0.474. The molecule has 0 saturated heterocycles. The van der Waals surface area contributed by atoms with Crippen LogP contribution in [0, 0.1) is 6.92 Å². The van der Waals surface area contributed by atoms with Crippen LogP contribution in [-0.2, 0) is 6.61 Å². The van der Waals surface area contributed by atoms with Crippen molar-refractivity contribution in [1.82, 2.24) is 9.78 Å². The van der Waals surface area contributed by atoms with E-state index in [0.717, 1.165) is 35.5 Å². The molecular formula is C16H23N3O. The number of nitrogen functional groups attached to an aromatic ring is 1. The lowest BCUT2D eigenvalue weighted by Gasteiger charge is -2.12. The Bertz CT molecular complexity index is 559. The van der Waals surface area contributed by atoms with Crippen molar-refractivity contribution in [1.29, 1.82) is 0 Å². The molecule has 0 atom stereocenters. The smallest absolute Gasteiger partial charge is 0.132 e. The molecule has 2 N–H and O–H groups in total. The summed E-state index contributed by atoms with van der Waals surface area (Å²) in [6, 6.07) is 8.17. The highest BCUT2D eigenvalue weighted by Gasteiger charge is 2.08. The second-order valence-corrected chi connectivity index (χ2v) is 5.07. The summed E-state index contributed by atoms with van der Waals surface area (Å²) in [5.41, 5.74) is 8.49. The Labute approximate surface area is 120 Å². The van der Waals surface area contributed by atoms with E-state index in [1.807, 2.05) is 42.1 Å². The van der Waals surface area contributed by atoms with Crippen molar-refractivity contribution in [2.75, 3.05) is 5.73 Å². The number of hydrogen-bond acceptors (Lipinski definition) is 3. The number of aromatic nitrogens is 2. The van der Waals surface area contributed by atoms with Gasteiger partial charge in [-0.15, -0.1) is 0 Å². The van der Waals surface area contributed by atoms with E-state index in [2.05, 4.69) is 18.9 Å². The van der Waals surface area contributed by atoms with Gasteiger partial charge in [-0.05, 0) is 49.6 Å². The zero-order valence-corrected chi connectivity index (χ0v) is 12.5. The molecular weight excluding hydrogens is 250 g/mol. The van der Waals surface area contributed by atoms with Crippen LogP contribution in [-0.4, -0.2) is 9.78 Å². The first-order valence-corrected chi connectivity index (χ1v) is 7.17. The van der Waals surface area contributed by atoms with Crippen LogP contribution in [0.1, 0.15) is 44.0 Å². The molecule has 0 amide bonds. The lowest BCUT2D eigenvalue weighted by Crippen LogP contribution is -2.08. The van der Waals surface area contributed by atoms with Gasteiger partial charge in [0.2, 0.25) is 0 Å². The van der Waals surface area contributed by atoms with Crippen LogP contribution in [0.2, 0.25) is 0 Å². The average Bonchev–Trinajstić information content (AvgIpc) is 2.88. The van der Waals surface area contributed by atoms with Gasteiger partial charge in [-0.2, -0.15) is 5.10 Å². The van der Waals surface area contributed by atoms with Crippen molar-refractivity contribution in [2.45, 2.75) is 46.3 Å². The van der Waals surface area contributed by atoms with Crippen LogP contribution in [0.15, 0.2) is 30.5 Å². The summed E-state index contributed by atoms with van der Waals surface area (Å²) in [6.45, 7) is 6.85. The van der Waals surface area contributed by atoms with Crippen molar-refractivity contribution in [3.63, 3.8) is 0 Å². The van der Waals surface area contributed by atoms with Crippen LogP contribution in [0.5, 0.6) is 5.75 Å². The minimum Gasteiger partial charge on any atom is -0.487 e. The summed E-state index contributed by atoms with van der Waals surface area (Å²) in [6.07, 6.45) is 4.22. The van der Waals surface area contributed by atoms with Gasteiger partial charge in [-0.3, -0.25) is 4.68 Å². The van der Waals surface area contributed by atoms with Crippen LogP contribution in [0.3, 0.4) is 0 Å². The number of benzene rings is 1. The number of anilines is 1. The first kappa shape index (κ1) is 14.4. The third kappa shape index (κ3) is 3.32. The monoisotopic (exact) mass is 273 g/mol. The maximum absolute atomic E-state index is 5.81. The van der Waals surface area contributed by atoms with Crippen LogP contribution < -0.4 is 10.5 Å². The fourth-order valence-corrected chi connectivity index (χ4v) is 2.31. The number of rotatable bonds is 6. The Balaban J connectivity index is 2.00. The maximum Gasteiger partial charge on any atom is 0.132 e. The van der Waals surface area contributed by atoms with Gasteiger partial charge in [0.1, 0.15) is 12.4 Å². The molecule has 1 heterocycles. The average molecular weight is 273 g/mol. The second kappa shape index (κ2) is 6.46. The Morgan fingerprint density at radius 2 is 2.00 bits per heavy atom. The Kier molecular flexibility index (Phi) is 4.66. The molecule has 0 spiro atoms. The topological polar surface area (TPSA) is 53.1 Å². The van der Waals surface area contributed by atoms with Crippen molar-refractivity contribution in [3.05, 3.63) is 41.7 Å². The van der Waals surface area contributed by atoms with Crippen molar-refractivity contribution >= 4 is 5.69 Å². The van der Waals surface area contributed by atoms with Crippen LogP contribution in [0.25, 0.3) is 0 Å². The van der Waals surface area contributed by atoms with E-state index in [9.17, 15) is 0 Å². The van der Waals surface area contributed by atoms with Gasteiger partial charge in [0.15, 0.2) is 0 Å². The van der Waals surface area contributed by atoms with Gasteiger partial charge in [0, 0.05) is 11.9 Å². The van der Waals surface area contributed by atoms with E-state index in [1.165, 1.54) is 0 Å². The van der Waals surface area contributed by atoms with Gasteiger partial charge >= 0.3 is 0 Å². The standard InChI is InChI=1S/C16H23N3O/c1-4-15(5-2)19-9-8-14(18-19)11-20-16-7-6-13(17)10-12(16)3/h6-10,15H,4-5,11,17H2,1-3H3. The van der Waals surface area contributed by atoms with Crippen LogP contribution in [0.4, 0.5) is 5.69 Å². The lowest BCUT2D eigenvalue weighted by molar-refractivity contribution is 0.295. The van der Waals surface area contributed by atoms with Crippen molar-refractivity contribution in [2.24, 2.45) is 0 Å². The van der Waals surface area contributed by atoms with Crippen molar-refractivity contribution in [3.8, 4) is 5.75 Å². The molecule has 0 saturated carbocycles. The van der Waals surface area contributed by atoms with Crippen molar-refractivity contribution < 1.29 is 4.74 Å². The highest BCUT2D eigenvalue weighted by Crippen LogP contribution is 2.21. The highest BCUT2D eigenvalue weighted by molar-refractivity contribution is 5.47. The Morgan fingerprint density at radius 3 is 2.65 bits per heavy atom. The van der Waals surface area contributed by atoms with E-state index in [1.54, 1.807) is 0 Å². The first-order valence-electron chi connectivity index (χ1n) is 7.17. The molecule has 0 unspecified atom stereocenters. The van der Waals surface area contributed by atoms with Crippen LogP contribution >= 0.6 is 0 Å². The maximum atomic E-state index is 5.81. The van der Waals surface area contributed by atoms with Gasteiger partial charge in [-0.1, -0.05) is 13.8 Å². The Hall–Kier alpha value is -1.97. The third-order valence-corrected chi connectivity index (χ3v) is 3.55. The molecule has 0 aliphatic rings. The second-order valence-electron chi connectivity index (χ2n) is 5.07. The van der Waals surface area contributed by atoms with Gasteiger partial charge < -0.3 is 10.5 Å². The molecule has 0 aliphatic heterocycles. The SMILES string of the molecule is CCC(CC)n1ccc(COc2ccc(N)cc2C)n1. The third-order valence-electron chi connectivity index (χ3n) is 3.55. The minimum absolute atomic E-state index is 0.474. The predicted molar refractivity (Wildman–Crippen MR) is 81.8 cm³/mol. The zero-order valence-electron chi connectivity index (χ0n) is 12.5. The molecule has 1 aromatic heterocycles. The normalized spacial score (nSPS) is 11.0. The highest BCUT2D eigenvalue weighted by atomic mass is 16.5. The first-order chi connectivity index (χ1) is 9.63. The molecule has 2 rings (SSSR count). The number of aryl methyl sites for hydroxylation is 1. The summed E-state index contributed by atoms with van der Waals surface area (Å²) >= 11 is 0. The summed E-state index contributed by atoms with van der Waals surface area (Å²) < 4.78 is 7.84. The number of ether oxygens (including phenoxy) is 1. The number of nitrogens with two attached hydrogens (primary N) is 1.